The molecule has 0 unspecified atom stereocenters. The second-order valence-electron chi connectivity index (χ2n) is 3.25. The number of anilines is 1. The molecule has 1 aliphatic rings. The first-order valence-electron chi connectivity index (χ1n) is 4.58. The van der Waals surface area contributed by atoms with Crippen molar-refractivity contribution in [2.75, 3.05) is 12.3 Å². The molecule has 0 radical (unpaired) electrons. The minimum atomic E-state index is 0.643. The lowest BCUT2D eigenvalue weighted by atomic mass is 10.4. The molecular weight excluding hydrogens is 228 g/mol. The molecule has 6 heteroatoms. The summed E-state index contributed by atoms with van der Waals surface area (Å²) in [4.78, 5) is 7.54. The SMILES string of the molecule is C=CCNC(=S)N1Cc2nc(N)sc2C1. The average molecular weight is 240 g/mol. The van der Waals surface area contributed by atoms with E-state index < -0.39 is 0 Å². The van der Waals surface area contributed by atoms with Gasteiger partial charge in [-0.05, 0) is 12.2 Å². The summed E-state index contributed by atoms with van der Waals surface area (Å²) in [7, 11) is 0. The van der Waals surface area contributed by atoms with Gasteiger partial charge >= 0.3 is 0 Å². The van der Waals surface area contributed by atoms with Crippen molar-refractivity contribution in [3.63, 3.8) is 0 Å². The highest BCUT2D eigenvalue weighted by atomic mass is 32.1. The zero-order valence-electron chi connectivity index (χ0n) is 8.19. The lowest BCUT2D eigenvalue weighted by Crippen LogP contribution is -2.36. The first-order chi connectivity index (χ1) is 7.20. The normalized spacial score (nSPS) is 13.7. The van der Waals surface area contributed by atoms with Crippen LogP contribution in [0.5, 0.6) is 0 Å². The van der Waals surface area contributed by atoms with Gasteiger partial charge in [0.2, 0.25) is 0 Å². The number of nitrogens with zero attached hydrogens (tertiary/aromatic N) is 2. The van der Waals surface area contributed by atoms with Crippen LogP contribution in [0.1, 0.15) is 10.6 Å². The van der Waals surface area contributed by atoms with Crippen molar-refractivity contribution >= 4 is 33.8 Å². The Morgan fingerprint density at radius 1 is 1.73 bits per heavy atom. The van der Waals surface area contributed by atoms with Gasteiger partial charge in [0, 0.05) is 6.54 Å². The minimum absolute atomic E-state index is 0.643. The Morgan fingerprint density at radius 3 is 3.20 bits per heavy atom. The van der Waals surface area contributed by atoms with Crippen molar-refractivity contribution in [1.82, 2.24) is 15.2 Å². The van der Waals surface area contributed by atoms with Gasteiger partial charge in [0.15, 0.2) is 10.2 Å². The summed E-state index contributed by atoms with van der Waals surface area (Å²) < 4.78 is 0. The Balaban J connectivity index is 1.97. The van der Waals surface area contributed by atoms with Crippen LogP contribution in [0, 0.1) is 0 Å². The fraction of sp³-hybridized carbons (Fsp3) is 0.333. The quantitative estimate of drug-likeness (QED) is 0.599. The van der Waals surface area contributed by atoms with Gasteiger partial charge in [-0.2, -0.15) is 0 Å². The Kier molecular flexibility index (Phi) is 2.88. The number of hydrogen-bond acceptors (Lipinski definition) is 4. The van der Waals surface area contributed by atoms with E-state index in [9.17, 15) is 0 Å². The number of aromatic nitrogens is 1. The Labute approximate surface area is 97.8 Å². The van der Waals surface area contributed by atoms with Gasteiger partial charge in [0.05, 0.1) is 23.7 Å². The van der Waals surface area contributed by atoms with E-state index >= 15 is 0 Å². The van der Waals surface area contributed by atoms with Gasteiger partial charge < -0.3 is 16.0 Å². The monoisotopic (exact) mass is 240 g/mol. The number of thiazole rings is 1. The molecule has 2 rings (SSSR count). The molecular formula is C9H12N4S2. The molecule has 0 amide bonds. The van der Waals surface area contributed by atoms with E-state index in [4.69, 9.17) is 18.0 Å². The second kappa shape index (κ2) is 4.16. The maximum atomic E-state index is 5.62. The summed E-state index contributed by atoms with van der Waals surface area (Å²) in [5, 5.41) is 4.49. The summed E-state index contributed by atoms with van der Waals surface area (Å²) >= 11 is 6.78. The van der Waals surface area contributed by atoms with Gasteiger partial charge in [-0.1, -0.05) is 6.08 Å². The van der Waals surface area contributed by atoms with Crippen LogP contribution in [0.2, 0.25) is 0 Å². The smallest absolute Gasteiger partial charge is 0.180 e. The van der Waals surface area contributed by atoms with Crippen molar-refractivity contribution < 1.29 is 0 Å². The maximum absolute atomic E-state index is 5.62. The second-order valence-corrected chi connectivity index (χ2v) is 4.75. The highest BCUT2D eigenvalue weighted by Crippen LogP contribution is 2.29. The molecule has 0 fully saturated rings. The fourth-order valence-corrected chi connectivity index (χ4v) is 2.54. The van der Waals surface area contributed by atoms with Crippen LogP contribution in [-0.4, -0.2) is 21.5 Å². The van der Waals surface area contributed by atoms with Crippen LogP contribution in [0.3, 0.4) is 0 Å². The third kappa shape index (κ3) is 2.10. The van der Waals surface area contributed by atoms with Gasteiger partial charge in [-0.3, -0.25) is 0 Å². The topological polar surface area (TPSA) is 54.2 Å². The number of nitrogens with one attached hydrogen (secondary N) is 1. The Hall–Kier alpha value is -1.14. The molecule has 0 aromatic carbocycles. The summed E-state index contributed by atoms with van der Waals surface area (Å²) in [6, 6.07) is 0. The molecule has 0 saturated carbocycles. The van der Waals surface area contributed by atoms with E-state index in [1.54, 1.807) is 6.08 Å². The molecule has 0 saturated heterocycles. The van der Waals surface area contributed by atoms with Gasteiger partial charge in [-0.25, -0.2) is 4.98 Å². The largest absolute Gasteiger partial charge is 0.375 e. The van der Waals surface area contributed by atoms with Crippen LogP contribution in [0.25, 0.3) is 0 Å². The molecule has 0 aliphatic carbocycles. The molecule has 0 spiro atoms. The molecule has 2 heterocycles. The van der Waals surface area contributed by atoms with Crippen molar-refractivity contribution in [1.29, 1.82) is 0 Å². The van der Waals surface area contributed by atoms with Crippen LogP contribution in [0.4, 0.5) is 5.13 Å². The summed E-state index contributed by atoms with van der Waals surface area (Å²) in [6.45, 7) is 5.89. The number of hydrogen-bond donors (Lipinski definition) is 2. The molecule has 4 nitrogen and oxygen atoms in total. The van der Waals surface area contributed by atoms with Crippen LogP contribution in [0.15, 0.2) is 12.7 Å². The highest BCUT2D eigenvalue weighted by Gasteiger charge is 2.24. The zero-order chi connectivity index (χ0) is 10.8. The minimum Gasteiger partial charge on any atom is -0.375 e. The average Bonchev–Trinajstić information content (AvgIpc) is 2.70. The molecule has 0 atom stereocenters. The molecule has 80 valence electrons. The van der Waals surface area contributed by atoms with Gasteiger partial charge in [-0.15, -0.1) is 17.9 Å². The van der Waals surface area contributed by atoms with E-state index in [-0.39, 0.29) is 0 Å². The van der Waals surface area contributed by atoms with Gasteiger partial charge in [0.25, 0.3) is 0 Å². The van der Waals surface area contributed by atoms with Crippen molar-refractivity contribution in [3.05, 3.63) is 23.2 Å². The van der Waals surface area contributed by atoms with E-state index in [0.717, 1.165) is 23.9 Å². The third-order valence-corrected chi connectivity index (χ3v) is 3.47. The molecule has 1 aromatic heterocycles. The molecule has 0 bridgehead atoms. The van der Waals surface area contributed by atoms with Crippen molar-refractivity contribution in [3.8, 4) is 0 Å². The predicted octanol–water partition coefficient (Wildman–Crippen LogP) is 1.10. The van der Waals surface area contributed by atoms with E-state index in [2.05, 4.69) is 21.8 Å². The number of thiocarbonyl (C=S) groups is 1. The highest BCUT2D eigenvalue weighted by molar-refractivity contribution is 7.80. The lowest BCUT2D eigenvalue weighted by molar-refractivity contribution is 0.439. The summed E-state index contributed by atoms with van der Waals surface area (Å²) in [6.07, 6.45) is 1.79. The molecule has 3 N–H and O–H groups in total. The molecule has 15 heavy (non-hydrogen) atoms. The molecule has 1 aromatic rings. The van der Waals surface area contributed by atoms with E-state index in [0.29, 0.717) is 11.7 Å². The van der Waals surface area contributed by atoms with Crippen LogP contribution in [-0.2, 0) is 13.1 Å². The number of rotatable bonds is 2. The maximum Gasteiger partial charge on any atom is 0.180 e. The number of nitrogen functional groups attached to an aromatic ring is 1. The zero-order valence-corrected chi connectivity index (χ0v) is 9.83. The van der Waals surface area contributed by atoms with Crippen molar-refractivity contribution in [2.45, 2.75) is 13.1 Å². The van der Waals surface area contributed by atoms with E-state index in [1.165, 1.54) is 16.2 Å². The van der Waals surface area contributed by atoms with Crippen LogP contribution >= 0.6 is 23.6 Å². The van der Waals surface area contributed by atoms with Crippen molar-refractivity contribution in [2.24, 2.45) is 0 Å². The first-order valence-corrected chi connectivity index (χ1v) is 5.81. The van der Waals surface area contributed by atoms with Gasteiger partial charge in [0.1, 0.15) is 0 Å². The standard InChI is InChI=1S/C9H12N4S2/c1-2-3-11-9(14)13-4-6-7(5-13)15-8(10)12-6/h2H,1,3-5H2,(H2,10,12)(H,11,14). The van der Waals surface area contributed by atoms with E-state index in [1.807, 2.05) is 0 Å². The first kappa shape index (κ1) is 10.4. The Bertz CT molecular complexity index is 375. The Morgan fingerprint density at radius 2 is 2.53 bits per heavy atom. The number of fused-ring (bicyclic) bond motifs is 1. The lowest BCUT2D eigenvalue weighted by Gasteiger charge is -2.18. The predicted molar refractivity (Wildman–Crippen MR) is 66.6 cm³/mol. The third-order valence-electron chi connectivity index (χ3n) is 2.15. The summed E-state index contributed by atoms with van der Waals surface area (Å²) in [5.74, 6) is 0. The number of nitrogens with two attached hydrogens (primary N) is 1. The molecule has 1 aliphatic heterocycles. The van der Waals surface area contributed by atoms with Crippen LogP contribution < -0.4 is 11.1 Å². The summed E-state index contributed by atoms with van der Waals surface area (Å²) in [5.41, 5.74) is 6.67. The fourth-order valence-electron chi connectivity index (χ4n) is 1.48.